The molecule has 4 nitrogen and oxygen atoms in total. The van der Waals surface area contributed by atoms with Crippen LogP contribution in [0.3, 0.4) is 0 Å². The van der Waals surface area contributed by atoms with E-state index in [4.69, 9.17) is 0 Å². The lowest BCUT2D eigenvalue weighted by Crippen LogP contribution is -2.12. The second-order valence-electron chi connectivity index (χ2n) is 4.62. The zero-order valence-corrected chi connectivity index (χ0v) is 10.3. The van der Waals surface area contributed by atoms with Gasteiger partial charge in [0.2, 0.25) is 0 Å². The topological polar surface area (TPSA) is 59.9 Å². The highest BCUT2D eigenvalue weighted by Crippen LogP contribution is 2.37. The Morgan fingerprint density at radius 3 is 2.40 bits per heavy atom. The monoisotopic (exact) mass is 260 g/mol. The molecule has 0 N–H and O–H groups in total. The molecule has 2 aromatic carbocycles. The summed E-state index contributed by atoms with van der Waals surface area (Å²) in [4.78, 5) is 32.0. The summed E-state index contributed by atoms with van der Waals surface area (Å²) in [7, 11) is 0. The van der Waals surface area contributed by atoms with E-state index in [0.29, 0.717) is 28.6 Å². The van der Waals surface area contributed by atoms with Gasteiger partial charge in [0.25, 0.3) is 0 Å². The molecule has 1 aliphatic carbocycles. The van der Waals surface area contributed by atoms with Crippen molar-refractivity contribution >= 4 is 23.0 Å². The molecule has 0 saturated heterocycles. The molecule has 0 saturated carbocycles. The zero-order chi connectivity index (χ0) is 13.7. The molecule has 0 amide bonds. The number of ketones is 1. The van der Waals surface area contributed by atoms with E-state index in [1.165, 1.54) is 0 Å². The third-order valence-corrected chi connectivity index (χ3v) is 3.52. The quantitative estimate of drug-likeness (QED) is 0.494. The van der Waals surface area contributed by atoms with Crippen LogP contribution in [0.2, 0.25) is 0 Å². The molecular weight excluding hydrogens is 252 g/mol. The van der Waals surface area contributed by atoms with E-state index in [0.717, 1.165) is 10.9 Å². The first-order valence-corrected chi connectivity index (χ1v) is 6.19. The number of aromatic nitrogens is 2. The van der Waals surface area contributed by atoms with Crippen molar-refractivity contribution in [3.05, 3.63) is 59.4 Å². The second-order valence-corrected chi connectivity index (χ2v) is 4.62. The molecule has 3 aromatic rings. The van der Waals surface area contributed by atoms with E-state index in [2.05, 4.69) is 9.97 Å². The minimum atomic E-state index is -0.0267. The molecule has 0 aliphatic heterocycles. The van der Waals surface area contributed by atoms with Crippen LogP contribution in [0.15, 0.2) is 42.5 Å². The lowest BCUT2D eigenvalue weighted by molar-refractivity contribution is 0.103. The maximum absolute atomic E-state index is 12.5. The smallest absolute Gasteiger partial charge is 0.194 e. The van der Waals surface area contributed by atoms with Crippen LogP contribution in [0.5, 0.6) is 0 Å². The summed E-state index contributed by atoms with van der Waals surface area (Å²) in [5.41, 5.74) is 3.24. The van der Waals surface area contributed by atoms with Crippen molar-refractivity contribution in [2.75, 3.05) is 0 Å². The zero-order valence-electron chi connectivity index (χ0n) is 10.3. The largest absolute Gasteiger partial charge is 0.294 e. The molecule has 0 atom stereocenters. The van der Waals surface area contributed by atoms with Gasteiger partial charge in [-0.15, -0.1) is 0 Å². The Labute approximate surface area is 114 Å². The molecule has 0 unspecified atom stereocenters. The number of carbonyl (C=O) groups is 2. The van der Waals surface area contributed by atoms with Gasteiger partial charge >= 0.3 is 0 Å². The number of fused-ring (bicyclic) bond motifs is 2. The SMILES string of the molecule is O=Cc1nc2c3c(cccc3n1)C(=O)c1ccccc1-2. The lowest BCUT2D eigenvalue weighted by Gasteiger charge is -2.18. The number of rotatable bonds is 1. The van der Waals surface area contributed by atoms with Gasteiger partial charge in [0.15, 0.2) is 17.9 Å². The molecule has 20 heavy (non-hydrogen) atoms. The van der Waals surface area contributed by atoms with Crippen LogP contribution < -0.4 is 0 Å². The van der Waals surface area contributed by atoms with Gasteiger partial charge in [0, 0.05) is 22.1 Å². The summed E-state index contributed by atoms with van der Waals surface area (Å²) in [5, 5.41) is 0.724. The van der Waals surface area contributed by atoms with Gasteiger partial charge in [0.05, 0.1) is 11.2 Å². The number of hydrogen-bond acceptors (Lipinski definition) is 4. The first-order valence-electron chi connectivity index (χ1n) is 6.19. The van der Waals surface area contributed by atoms with E-state index < -0.39 is 0 Å². The highest BCUT2D eigenvalue weighted by Gasteiger charge is 2.26. The fraction of sp³-hybridized carbons (Fsp3) is 0. The Bertz CT molecular complexity index is 900. The van der Waals surface area contributed by atoms with Crippen LogP contribution in [0.25, 0.3) is 22.2 Å². The highest BCUT2D eigenvalue weighted by molar-refractivity contribution is 6.24. The first kappa shape index (κ1) is 11.0. The number of hydrogen-bond donors (Lipinski definition) is 0. The van der Waals surface area contributed by atoms with Crippen LogP contribution in [0.1, 0.15) is 26.5 Å². The Morgan fingerprint density at radius 1 is 0.850 bits per heavy atom. The normalized spacial score (nSPS) is 12.3. The van der Waals surface area contributed by atoms with Crippen molar-refractivity contribution in [2.45, 2.75) is 0 Å². The van der Waals surface area contributed by atoms with Crippen molar-refractivity contribution in [2.24, 2.45) is 0 Å². The van der Waals surface area contributed by atoms with E-state index in [9.17, 15) is 9.59 Å². The Balaban J connectivity index is 2.26. The highest BCUT2D eigenvalue weighted by atomic mass is 16.1. The molecule has 0 radical (unpaired) electrons. The lowest BCUT2D eigenvalue weighted by atomic mass is 9.87. The van der Waals surface area contributed by atoms with Gasteiger partial charge in [0.1, 0.15) is 0 Å². The van der Waals surface area contributed by atoms with Crippen molar-refractivity contribution < 1.29 is 9.59 Å². The summed E-state index contributed by atoms with van der Waals surface area (Å²) in [6.07, 6.45) is 0.627. The average Bonchev–Trinajstić information content (AvgIpc) is 2.51. The van der Waals surface area contributed by atoms with Crippen molar-refractivity contribution in [3.63, 3.8) is 0 Å². The van der Waals surface area contributed by atoms with Crippen molar-refractivity contribution in [3.8, 4) is 11.3 Å². The van der Waals surface area contributed by atoms with Crippen LogP contribution in [0.4, 0.5) is 0 Å². The predicted molar refractivity (Wildman–Crippen MR) is 73.8 cm³/mol. The van der Waals surface area contributed by atoms with Gasteiger partial charge in [-0.1, -0.05) is 36.4 Å². The maximum Gasteiger partial charge on any atom is 0.194 e. The molecule has 0 bridgehead atoms. The van der Waals surface area contributed by atoms with Gasteiger partial charge in [-0.05, 0) is 6.07 Å². The number of aldehydes is 1. The molecule has 1 aromatic heterocycles. The summed E-state index contributed by atoms with van der Waals surface area (Å²) >= 11 is 0. The van der Waals surface area contributed by atoms with Gasteiger partial charge < -0.3 is 0 Å². The van der Waals surface area contributed by atoms with E-state index in [-0.39, 0.29) is 11.6 Å². The molecule has 94 valence electrons. The fourth-order valence-corrected chi connectivity index (χ4v) is 2.67. The number of carbonyl (C=O) groups excluding carboxylic acids is 2. The summed E-state index contributed by atoms with van der Waals surface area (Å²) in [6, 6.07) is 12.6. The molecule has 1 aliphatic rings. The number of nitrogens with zero attached hydrogens (tertiary/aromatic N) is 2. The average molecular weight is 260 g/mol. The minimum Gasteiger partial charge on any atom is -0.294 e. The maximum atomic E-state index is 12.5. The first-order chi connectivity index (χ1) is 9.79. The molecular formula is C16H8N2O2. The van der Waals surface area contributed by atoms with Gasteiger partial charge in [-0.2, -0.15) is 0 Å². The van der Waals surface area contributed by atoms with E-state index in [1.807, 2.05) is 18.2 Å². The van der Waals surface area contributed by atoms with Crippen molar-refractivity contribution in [1.29, 1.82) is 0 Å². The molecule has 0 spiro atoms. The van der Waals surface area contributed by atoms with Gasteiger partial charge in [-0.3, -0.25) is 9.59 Å². The molecule has 0 fully saturated rings. The fourth-order valence-electron chi connectivity index (χ4n) is 2.67. The third kappa shape index (κ3) is 1.30. The second kappa shape index (κ2) is 3.81. The molecule has 4 rings (SSSR count). The van der Waals surface area contributed by atoms with Crippen molar-refractivity contribution in [1.82, 2.24) is 9.97 Å². The molecule has 1 heterocycles. The Kier molecular flexibility index (Phi) is 2.09. The summed E-state index contributed by atoms with van der Waals surface area (Å²) < 4.78 is 0. The molecule has 4 heteroatoms. The summed E-state index contributed by atoms with van der Waals surface area (Å²) in [5.74, 6) is 0.106. The Morgan fingerprint density at radius 2 is 1.60 bits per heavy atom. The van der Waals surface area contributed by atoms with Crippen LogP contribution in [0, 0.1) is 0 Å². The standard InChI is InChI=1S/C16H8N2O2/c19-8-13-17-12-7-3-6-11-14(12)15(18-13)9-4-1-2-5-10(9)16(11)20/h1-8H. The number of benzene rings is 2. The van der Waals surface area contributed by atoms with Gasteiger partial charge in [-0.25, -0.2) is 9.97 Å². The summed E-state index contributed by atoms with van der Waals surface area (Å²) in [6.45, 7) is 0. The predicted octanol–water partition coefficient (Wildman–Crippen LogP) is 2.65. The van der Waals surface area contributed by atoms with Crippen LogP contribution >= 0.6 is 0 Å². The van der Waals surface area contributed by atoms with Crippen LogP contribution in [-0.4, -0.2) is 22.0 Å². The Hall–Kier alpha value is -2.88. The van der Waals surface area contributed by atoms with E-state index in [1.54, 1.807) is 24.3 Å². The van der Waals surface area contributed by atoms with Crippen LogP contribution in [-0.2, 0) is 0 Å². The third-order valence-electron chi connectivity index (χ3n) is 3.52. The minimum absolute atomic E-state index is 0.0267. The van der Waals surface area contributed by atoms with E-state index >= 15 is 0 Å².